The number of carbonyl (C=O) groups excluding carboxylic acids is 2. The van der Waals surface area contributed by atoms with E-state index in [4.69, 9.17) is 31.2 Å². The van der Waals surface area contributed by atoms with Crippen molar-refractivity contribution in [2.75, 3.05) is 27.9 Å². The molecule has 0 atom stereocenters. The molecule has 1 aliphatic rings. The van der Waals surface area contributed by atoms with Crippen LogP contribution in [-0.2, 0) is 11.2 Å². The van der Waals surface area contributed by atoms with E-state index in [1.165, 1.54) is 43.1 Å². The van der Waals surface area contributed by atoms with Crippen LogP contribution < -0.4 is 18.9 Å². The fraction of sp³-hybridized carbons (Fsp3) is 0.179. The molecule has 3 aromatic carbocycles. The number of esters is 1. The predicted molar refractivity (Wildman–Crippen MR) is 154 cm³/mol. The maximum Gasteiger partial charge on any atom is 0.343 e. The van der Waals surface area contributed by atoms with Crippen LogP contribution in [-0.4, -0.2) is 53.9 Å². The van der Waals surface area contributed by atoms with Gasteiger partial charge in [-0.25, -0.2) is 4.79 Å². The van der Waals surface area contributed by atoms with Crippen LogP contribution in [0, 0.1) is 10.1 Å². The molecule has 3 aromatic rings. The van der Waals surface area contributed by atoms with E-state index in [9.17, 15) is 19.7 Å². The van der Waals surface area contributed by atoms with Crippen LogP contribution in [0.3, 0.4) is 0 Å². The third-order valence-electron chi connectivity index (χ3n) is 5.93. The molecule has 1 heterocycles. The van der Waals surface area contributed by atoms with Gasteiger partial charge in [-0.2, -0.15) is 0 Å². The van der Waals surface area contributed by atoms with Crippen molar-refractivity contribution in [3.05, 3.63) is 92.4 Å². The number of thiocarbonyl (C=S) groups is 1. The first-order valence-corrected chi connectivity index (χ1v) is 13.1. The van der Waals surface area contributed by atoms with E-state index < -0.39 is 10.9 Å². The molecule has 0 saturated carbocycles. The number of methoxy groups -OCH3 is 3. The molecule has 4 rings (SSSR count). The smallest absolute Gasteiger partial charge is 0.343 e. The molecule has 0 bridgehead atoms. The maximum absolute atomic E-state index is 13.1. The molecule has 206 valence electrons. The van der Waals surface area contributed by atoms with Gasteiger partial charge >= 0.3 is 5.97 Å². The lowest BCUT2D eigenvalue weighted by atomic mass is 10.1. The van der Waals surface area contributed by atoms with Crippen LogP contribution >= 0.6 is 24.0 Å². The van der Waals surface area contributed by atoms with Gasteiger partial charge in [-0.15, -0.1) is 0 Å². The number of rotatable bonds is 10. The quantitative estimate of drug-likeness (QED) is 0.0782. The van der Waals surface area contributed by atoms with Gasteiger partial charge < -0.3 is 18.9 Å². The number of carbonyl (C=O) groups is 2. The molecule has 0 spiro atoms. The van der Waals surface area contributed by atoms with Crippen LogP contribution in [0.2, 0.25) is 0 Å². The number of nitrogens with zero attached hydrogens (tertiary/aromatic N) is 2. The topological polar surface area (TPSA) is 117 Å². The Bertz CT molecular complexity index is 1520. The van der Waals surface area contributed by atoms with E-state index in [0.29, 0.717) is 39.3 Å². The molecule has 12 heteroatoms. The van der Waals surface area contributed by atoms with Gasteiger partial charge in [0.15, 0.2) is 23.0 Å². The summed E-state index contributed by atoms with van der Waals surface area (Å²) in [4.78, 5) is 38.1. The summed E-state index contributed by atoms with van der Waals surface area (Å²) in [5.74, 6) is 0.620. The Hall–Kier alpha value is -4.42. The summed E-state index contributed by atoms with van der Waals surface area (Å²) in [5.41, 5.74) is 1.40. The molecule has 10 nitrogen and oxygen atoms in total. The summed E-state index contributed by atoms with van der Waals surface area (Å²) in [6, 6.07) is 15.6. The summed E-state index contributed by atoms with van der Waals surface area (Å²) >= 11 is 6.66. The number of nitro groups is 1. The molecule has 1 aliphatic heterocycles. The average molecular weight is 581 g/mol. The van der Waals surface area contributed by atoms with Crippen molar-refractivity contribution < 1.29 is 33.5 Å². The molecule has 40 heavy (non-hydrogen) atoms. The highest BCUT2D eigenvalue weighted by molar-refractivity contribution is 8.26. The fourth-order valence-electron chi connectivity index (χ4n) is 3.88. The van der Waals surface area contributed by atoms with Gasteiger partial charge in [-0.1, -0.05) is 42.2 Å². The minimum absolute atomic E-state index is 0.0251. The summed E-state index contributed by atoms with van der Waals surface area (Å²) < 4.78 is 21.9. The second kappa shape index (κ2) is 12.6. The highest BCUT2D eigenvalue weighted by Crippen LogP contribution is 2.35. The van der Waals surface area contributed by atoms with E-state index in [0.717, 1.165) is 11.6 Å². The highest BCUT2D eigenvalue weighted by atomic mass is 32.2. The molecule has 0 aliphatic carbocycles. The SMILES string of the molecule is COc1ccc(CCN2C(=O)/C(=C/c3ccc(OC(=O)c4cccc([N+](=O)[O-])c4)c(OC)c3)SC2=S)cc1OC. The van der Waals surface area contributed by atoms with E-state index in [1.54, 1.807) is 37.3 Å². The molecule has 1 fully saturated rings. The van der Waals surface area contributed by atoms with Crippen LogP contribution in [0.1, 0.15) is 21.5 Å². The zero-order chi connectivity index (χ0) is 28.8. The Kier molecular flexibility index (Phi) is 9.02. The Balaban J connectivity index is 1.46. The molecule has 0 radical (unpaired) electrons. The lowest BCUT2D eigenvalue weighted by Gasteiger charge is -2.15. The Morgan fingerprint density at radius 3 is 2.38 bits per heavy atom. The van der Waals surface area contributed by atoms with Crippen LogP contribution in [0.4, 0.5) is 5.69 Å². The minimum Gasteiger partial charge on any atom is -0.493 e. The van der Waals surface area contributed by atoms with Crippen molar-refractivity contribution in [2.24, 2.45) is 0 Å². The largest absolute Gasteiger partial charge is 0.493 e. The monoisotopic (exact) mass is 580 g/mol. The van der Waals surface area contributed by atoms with Crippen LogP contribution in [0.15, 0.2) is 65.6 Å². The van der Waals surface area contributed by atoms with E-state index in [-0.39, 0.29) is 28.7 Å². The Morgan fingerprint density at radius 1 is 0.975 bits per heavy atom. The van der Waals surface area contributed by atoms with E-state index >= 15 is 0 Å². The number of thioether (sulfide) groups is 1. The van der Waals surface area contributed by atoms with Gasteiger partial charge in [0.25, 0.3) is 11.6 Å². The number of non-ortho nitro benzene ring substituents is 1. The average Bonchev–Trinajstić information content (AvgIpc) is 3.23. The summed E-state index contributed by atoms with van der Waals surface area (Å²) in [6.07, 6.45) is 2.25. The van der Waals surface area contributed by atoms with Crippen molar-refractivity contribution in [3.63, 3.8) is 0 Å². The third kappa shape index (κ3) is 6.41. The number of amides is 1. The first kappa shape index (κ1) is 28.6. The number of nitro benzene ring substituents is 1. The predicted octanol–water partition coefficient (Wildman–Crippen LogP) is 5.28. The van der Waals surface area contributed by atoms with Gasteiger partial charge in [-0.3, -0.25) is 19.8 Å². The third-order valence-corrected chi connectivity index (χ3v) is 7.30. The van der Waals surface area contributed by atoms with Crippen LogP contribution in [0.25, 0.3) is 6.08 Å². The molecular weight excluding hydrogens is 556 g/mol. The van der Waals surface area contributed by atoms with Crippen molar-refractivity contribution in [1.82, 2.24) is 4.90 Å². The zero-order valence-electron chi connectivity index (χ0n) is 21.7. The van der Waals surface area contributed by atoms with Gasteiger partial charge in [0.1, 0.15) is 4.32 Å². The van der Waals surface area contributed by atoms with Crippen molar-refractivity contribution in [1.29, 1.82) is 0 Å². The van der Waals surface area contributed by atoms with Crippen molar-refractivity contribution in [2.45, 2.75) is 6.42 Å². The van der Waals surface area contributed by atoms with Gasteiger partial charge in [0, 0.05) is 18.7 Å². The lowest BCUT2D eigenvalue weighted by Crippen LogP contribution is -2.30. The molecular formula is C28H24N2O8S2. The van der Waals surface area contributed by atoms with Crippen molar-refractivity contribution in [3.8, 4) is 23.0 Å². The molecule has 1 amide bonds. The van der Waals surface area contributed by atoms with Gasteiger partial charge in [-0.05, 0) is 54.0 Å². The van der Waals surface area contributed by atoms with Gasteiger partial charge in [0.05, 0.1) is 36.7 Å². The first-order valence-electron chi connectivity index (χ1n) is 11.8. The highest BCUT2D eigenvalue weighted by Gasteiger charge is 2.31. The first-order chi connectivity index (χ1) is 19.2. The standard InChI is InChI=1S/C28H24N2O8S2/c1-35-21-9-7-17(13-23(21)36-2)11-12-29-26(31)25(40-28(29)39)15-18-8-10-22(24(14-18)37-3)38-27(32)19-5-4-6-20(16-19)30(33)34/h4-10,13-16H,11-12H2,1-3H3/b25-15-. The number of ether oxygens (including phenoxy) is 4. The second-order valence-electron chi connectivity index (χ2n) is 8.38. The summed E-state index contributed by atoms with van der Waals surface area (Å²) in [7, 11) is 4.55. The second-order valence-corrected chi connectivity index (χ2v) is 10.1. The normalized spacial score (nSPS) is 13.9. The molecule has 1 saturated heterocycles. The van der Waals surface area contributed by atoms with Crippen LogP contribution in [0.5, 0.6) is 23.0 Å². The van der Waals surface area contributed by atoms with E-state index in [2.05, 4.69) is 0 Å². The minimum atomic E-state index is -0.773. The fourth-order valence-corrected chi connectivity index (χ4v) is 5.19. The molecule has 0 aromatic heterocycles. The number of benzene rings is 3. The summed E-state index contributed by atoms with van der Waals surface area (Å²) in [5, 5.41) is 11.0. The molecule has 0 unspecified atom stereocenters. The van der Waals surface area contributed by atoms with Crippen molar-refractivity contribution >= 4 is 51.9 Å². The Labute approximate surface area is 239 Å². The Morgan fingerprint density at radius 2 is 1.68 bits per heavy atom. The van der Waals surface area contributed by atoms with Gasteiger partial charge in [0.2, 0.25) is 0 Å². The maximum atomic E-state index is 13.1. The number of hydrogen-bond donors (Lipinski definition) is 0. The molecule has 0 N–H and O–H groups in total. The zero-order valence-corrected chi connectivity index (χ0v) is 23.4. The summed E-state index contributed by atoms with van der Waals surface area (Å²) in [6.45, 7) is 0.396. The lowest BCUT2D eigenvalue weighted by molar-refractivity contribution is -0.384. The van der Waals surface area contributed by atoms with E-state index in [1.807, 2.05) is 18.2 Å². The number of hydrogen-bond acceptors (Lipinski definition) is 10.